The van der Waals surface area contributed by atoms with Crippen molar-refractivity contribution in [3.8, 4) is 0 Å². The molecular formula is C7H15N4O4S+. The number of hydroxylamine groups is 1. The van der Waals surface area contributed by atoms with Crippen LogP contribution in [0.5, 0.6) is 0 Å². The Kier molecular flexibility index (Phi) is 3.29. The van der Waals surface area contributed by atoms with Crippen LogP contribution in [-0.4, -0.2) is 48.7 Å². The van der Waals surface area contributed by atoms with Crippen molar-refractivity contribution < 1.29 is 22.0 Å². The highest BCUT2D eigenvalue weighted by atomic mass is 32.3. The van der Waals surface area contributed by atoms with Crippen LogP contribution in [0.15, 0.2) is 11.9 Å². The molecule has 1 aliphatic rings. The standard InChI is InChI=1S/C7H14N4O4S/c1-5-9-7(10(2)3)4-6(8)11(5)15-16(12,13)14/h4-5H,1-3H3,(H3,8,9,12,13,14)/p+1. The van der Waals surface area contributed by atoms with Crippen molar-refractivity contribution in [1.29, 1.82) is 0 Å². The number of amidine groups is 1. The molecule has 9 heteroatoms. The third-order valence-corrected chi connectivity index (χ3v) is 2.25. The Bertz CT molecular complexity index is 439. The Hall–Kier alpha value is -1.48. The summed E-state index contributed by atoms with van der Waals surface area (Å²) in [6.07, 6.45) is 0.967. The maximum absolute atomic E-state index is 10.6. The Labute approximate surface area is 93.9 Å². The van der Waals surface area contributed by atoms with Crippen molar-refractivity contribution in [3.05, 3.63) is 11.9 Å². The molecule has 0 aliphatic carbocycles. The number of hydrogen-bond acceptors (Lipinski definition) is 6. The molecule has 4 N–H and O–H groups in total. The van der Waals surface area contributed by atoms with Crippen LogP contribution in [0.25, 0.3) is 0 Å². The van der Waals surface area contributed by atoms with Crippen LogP contribution in [0.4, 0.5) is 0 Å². The van der Waals surface area contributed by atoms with Gasteiger partial charge in [0.05, 0.1) is 6.08 Å². The van der Waals surface area contributed by atoms with Crippen molar-refractivity contribution in [3.63, 3.8) is 0 Å². The van der Waals surface area contributed by atoms with Gasteiger partial charge in [0, 0.05) is 14.1 Å². The summed E-state index contributed by atoms with van der Waals surface area (Å²) in [5.74, 6) is 0.785. The van der Waals surface area contributed by atoms with E-state index in [-0.39, 0.29) is 5.84 Å². The van der Waals surface area contributed by atoms with E-state index in [1.165, 1.54) is 6.08 Å². The first kappa shape index (κ1) is 12.6. The molecule has 0 radical (unpaired) electrons. The van der Waals surface area contributed by atoms with E-state index in [4.69, 9.17) is 10.3 Å². The fraction of sp³-hybridized carbons (Fsp3) is 0.571. The zero-order valence-corrected chi connectivity index (χ0v) is 10.0. The summed E-state index contributed by atoms with van der Waals surface area (Å²) in [5, 5.41) is 2.93. The Morgan fingerprint density at radius 2 is 2.19 bits per heavy atom. The molecule has 0 saturated carbocycles. The molecular weight excluding hydrogens is 236 g/mol. The number of rotatable bonds is 3. The fourth-order valence-electron chi connectivity index (χ4n) is 1.21. The highest BCUT2D eigenvalue weighted by Crippen LogP contribution is 2.05. The molecule has 1 aliphatic heterocycles. The van der Waals surface area contributed by atoms with Gasteiger partial charge in [0.25, 0.3) is 0 Å². The van der Waals surface area contributed by atoms with Crippen molar-refractivity contribution in [2.24, 2.45) is 5.73 Å². The van der Waals surface area contributed by atoms with Crippen LogP contribution in [0.2, 0.25) is 0 Å². The average Bonchev–Trinajstić information content (AvgIpc) is 2.09. The molecule has 1 unspecified atom stereocenters. The molecule has 0 fully saturated rings. The van der Waals surface area contributed by atoms with E-state index in [9.17, 15) is 8.42 Å². The lowest BCUT2D eigenvalue weighted by Crippen LogP contribution is -2.49. The first-order chi connectivity index (χ1) is 7.20. The van der Waals surface area contributed by atoms with Gasteiger partial charge >= 0.3 is 16.2 Å². The monoisotopic (exact) mass is 251 g/mol. The molecule has 1 atom stereocenters. The van der Waals surface area contributed by atoms with E-state index in [1.807, 2.05) is 0 Å². The smallest absolute Gasteiger partial charge is 0.364 e. The normalized spacial score (nSPS) is 21.2. The van der Waals surface area contributed by atoms with Crippen LogP contribution >= 0.6 is 0 Å². The van der Waals surface area contributed by atoms with E-state index in [0.717, 1.165) is 4.74 Å². The number of nitrogens with zero attached hydrogens (tertiary/aromatic N) is 2. The first-order valence-electron chi connectivity index (χ1n) is 4.45. The molecule has 0 aromatic rings. The third kappa shape index (κ3) is 3.00. The summed E-state index contributed by atoms with van der Waals surface area (Å²) in [6.45, 7) is 1.63. The minimum Gasteiger partial charge on any atom is -0.364 e. The summed E-state index contributed by atoms with van der Waals surface area (Å²) in [5.41, 5.74) is 5.60. The van der Waals surface area contributed by atoms with Crippen LogP contribution in [0.1, 0.15) is 6.92 Å². The predicted octanol–water partition coefficient (Wildman–Crippen LogP) is -1.56. The van der Waals surface area contributed by atoms with E-state index >= 15 is 0 Å². The van der Waals surface area contributed by atoms with Crippen molar-refractivity contribution in [2.45, 2.75) is 13.1 Å². The van der Waals surface area contributed by atoms with Crippen molar-refractivity contribution in [1.82, 2.24) is 10.2 Å². The zero-order valence-electron chi connectivity index (χ0n) is 9.21. The minimum absolute atomic E-state index is 0.0765. The second kappa shape index (κ2) is 4.18. The number of nitrogens with two attached hydrogens (primary N) is 1. The molecule has 1 heterocycles. The molecule has 0 saturated heterocycles. The molecule has 0 aromatic heterocycles. The minimum atomic E-state index is -4.59. The number of hydrogen-bond donors (Lipinski definition) is 3. The van der Waals surface area contributed by atoms with Crippen molar-refractivity contribution in [2.75, 3.05) is 14.1 Å². The first-order valence-corrected chi connectivity index (χ1v) is 5.81. The second-order valence-electron chi connectivity index (χ2n) is 3.50. The van der Waals surface area contributed by atoms with Crippen molar-refractivity contribution >= 4 is 16.2 Å². The van der Waals surface area contributed by atoms with Gasteiger partial charge < -0.3 is 10.2 Å². The van der Waals surface area contributed by atoms with Crippen LogP contribution in [-0.2, 0) is 14.7 Å². The van der Waals surface area contributed by atoms with Gasteiger partial charge in [-0.2, -0.15) is 12.7 Å². The van der Waals surface area contributed by atoms with E-state index in [2.05, 4.69) is 9.60 Å². The van der Waals surface area contributed by atoms with Gasteiger partial charge in [-0.3, -0.25) is 10.3 Å². The van der Waals surface area contributed by atoms with Crippen LogP contribution in [0.3, 0.4) is 0 Å². The predicted molar refractivity (Wildman–Crippen MR) is 56.5 cm³/mol. The topological polar surface area (TPSA) is 108 Å². The quantitative estimate of drug-likeness (QED) is 0.411. The highest BCUT2D eigenvalue weighted by Gasteiger charge is 2.28. The Balaban J connectivity index is 3.04. The lowest BCUT2D eigenvalue weighted by Gasteiger charge is -2.25. The van der Waals surface area contributed by atoms with E-state index in [0.29, 0.717) is 5.82 Å². The summed E-state index contributed by atoms with van der Waals surface area (Å²) in [4.78, 5) is 1.77. The summed E-state index contributed by atoms with van der Waals surface area (Å²) < 4.78 is 34.9. The van der Waals surface area contributed by atoms with Gasteiger partial charge in [0.15, 0.2) is 0 Å². The summed E-state index contributed by atoms with van der Waals surface area (Å²) >= 11 is 0. The fourth-order valence-corrected chi connectivity index (χ4v) is 1.63. The second-order valence-corrected chi connectivity index (χ2v) is 4.50. The van der Waals surface area contributed by atoms with Crippen LogP contribution in [0, 0.1) is 0 Å². The summed E-state index contributed by atoms with van der Waals surface area (Å²) in [7, 11) is -0.978. The zero-order chi connectivity index (χ0) is 12.5. The highest BCUT2D eigenvalue weighted by molar-refractivity contribution is 7.80. The maximum Gasteiger partial charge on any atom is 0.481 e. The largest absolute Gasteiger partial charge is 0.481 e. The lowest BCUT2D eigenvalue weighted by molar-refractivity contribution is -0.774. The van der Waals surface area contributed by atoms with Gasteiger partial charge in [-0.05, 0) is 11.7 Å². The molecule has 0 bridgehead atoms. The van der Waals surface area contributed by atoms with Crippen LogP contribution < -0.4 is 11.1 Å². The van der Waals surface area contributed by atoms with Gasteiger partial charge in [-0.1, -0.05) is 0 Å². The van der Waals surface area contributed by atoms with Gasteiger partial charge in [0.1, 0.15) is 5.82 Å². The lowest BCUT2D eigenvalue weighted by atomic mass is 10.4. The molecule has 16 heavy (non-hydrogen) atoms. The molecule has 0 amide bonds. The molecule has 8 nitrogen and oxygen atoms in total. The Morgan fingerprint density at radius 1 is 1.62 bits per heavy atom. The third-order valence-electron chi connectivity index (χ3n) is 1.90. The maximum atomic E-state index is 10.6. The molecule has 1 rings (SSSR count). The van der Waals surface area contributed by atoms with E-state index in [1.54, 1.807) is 25.9 Å². The molecule has 92 valence electrons. The summed E-state index contributed by atoms with van der Waals surface area (Å²) in [6, 6.07) is 0. The molecule has 0 aromatic carbocycles. The van der Waals surface area contributed by atoms with Gasteiger partial charge in [-0.25, -0.2) is 0 Å². The van der Waals surface area contributed by atoms with Gasteiger partial charge in [-0.15, -0.1) is 0 Å². The van der Waals surface area contributed by atoms with Gasteiger partial charge in [0.2, 0.25) is 6.17 Å². The molecule has 0 spiro atoms. The van der Waals surface area contributed by atoms with E-state index < -0.39 is 16.6 Å². The SMILES string of the molecule is CC1NC(N(C)C)=CC(N)=[N+]1OS(=O)(=O)O. The average molecular weight is 251 g/mol. The Morgan fingerprint density at radius 3 is 2.56 bits per heavy atom. The number of nitrogens with one attached hydrogen (secondary N) is 1.